The first-order chi connectivity index (χ1) is 16.2. The molecule has 3 aromatic rings. The highest BCUT2D eigenvalue weighted by molar-refractivity contribution is 8.18. The second-order valence-corrected chi connectivity index (χ2v) is 9.01. The summed E-state index contributed by atoms with van der Waals surface area (Å²) in [6.07, 6.45) is -0.927. The highest BCUT2D eigenvalue weighted by Crippen LogP contribution is 2.35. The van der Waals surface area contributed by atoms with Crippen LogP contribution >= 0.6 is 23.4 Å². The Morgan fingerprint density at radius 1 is 1.26 bits per heavy atom. The summed E-state index contributed by atoms with van der Waals surface area (Å²) in [5, 5.41) is 14.2. The number of fused-ring (bicyclic) bond motifs is 1. The van der Waals surface area contributed by atoms with E-state index < -0.39 is 11.7 Å². The molecule has 0 aliphatic carbocycles. The van der Waals surface area contributed by atoms with E-state index in [0.717, 1.165) is 17.0 Å². The number of rotatable bonds is 5. The molecule has 0 spiro atoms. The Morgan fingerprint density at radius 2 is 2.06 bits per heavy atom. The molecular weight excluding hydrogens is 487 g/mol. The van der Waals surface area contributed by atoms with Crippen molar-refractivity contribution in [3.05, 3.63) is 69.2 Å². The van der Waals surface area contributed by atoms with Gasteiger partial charge in [-0.25, -0.2) is 0 Å². The van der Waals surface area contributed by atoms with Crippen molar-refractivity contribution in [2.24, 2.45) is 4.99 Å². The minimum atomic E-state index is -4.53. The van der Waals surface area contributed by atoms with Crippen LogP contribution < -0.4 is 0 Å². The predicted octanol–water partition coefficient (Wildman–Crippen LogP) is 5.57. The van der Waals surface area contributed by atoms with Gasteiger partial charge in [0.05, 0.1) is 41.2 Å². The van der Waals surface area contributed by atoms with Crippen molar-refractivity contribution in [1.29, 1.82) is 5.26 Å². The van der Waals surface area contributed by atoms with E-state index in [4.69, 9.17) is 16.9 Å². The molecule has 174 valence electrons. The number of hydrogen-bond donors (Lipinski definition) is 0. The van der Waals surface area contributed by atoms with Gasteiger partial charge in [0, 0.05) is 24.0 Å². The summed E-state index contributed by atoms with van der Waals surface area (Å²) in [7, 11) is 1.77. The summed E-state index contributed by atoms with van der Waals surface area (Å²) in [5.74, 6) is -0.359. The number of aromatic nitrogens is 2. The van der Waals surface area contributed by atoms with Crippen molar-refractivity contribution < 1.29 is 18.0 Å². The Labute approximate surface area is 202 Å². The molecule has 0 saturated carbocycles. The lowest BCUT2D eigenvalue weighted by Gasteiger charge is -2.15. The van der Waals surface area contributed by atoms with Gasteiger partial charge in [-0.2, -0.15) is 28.5 Å². The fraction of sp³-hybridized carbons (Fsp3) is 0.217. The molecule has 2 heterocycles. The van der Waals surface area contributed by atoms with Crippen molar-refractivity contribution in [3.63, 3.8) is 0 Å². The van der Waals surface area contributed by atoms with E-state index in [2.05, 4.69) is 16.2 Å². The van der Waals surface area contributed by atoms with Crippen LogP contribution in [0.1, 0.15) is 23.1 Å². The van der Waals surface area contributed by atoms with Gasteiger partial charge in [0.1, 0.15) is 0 Å². The molecule has 2 aromatic carbocycles. The number of amides is 1. The Morgan fingerprint density at radius 3 is 2.79 bits per heavy atom. The number of aliphatic imine (C=N–C) groups is 1. The number of hydrogen-bond acceptors (Lipinski definition) is 5. The standard InChI is InChI=1S/C23H17ClF3N5OS/c1-31(8-2-7-28)22-30-21(33)20(34-22)10-14-3-6-19-16(9-14)12-29-32(19)13-15-4-5-17(24)11-18(15)23(25,26)27/h3-6,9-12H,2,8,13H2,1H3/b20-10-. The van der Waals surface area contributed by atoms with Crippen LogP contribution in [0.25, 0.3) is 17.0 Å². The lowest BCUT2D eigenvalue weighted by atomic mass is 10.1. The van der Waals surface area contributed by atoms with Crippen LogP contribution in [0.15, 0.2) is 52.5 Å². The van der Waals surface area contributed by atoms with Crippen molar-refractivity contribution >= 4 is 51.4 Å². The van der Waals surface area contributed by atoms with Crippen LogP contribution in [-0.2, 0) is 17.5 Å². The molecule has 4 rings (SSSR count). The normalized spacial score (nSPS) is 15.1. The molecular formula is C23H17ClF3N5OS. The number of carbonyl (C=O) groups excluding carboxylic acids is 1. The van der Waals surface area contributed by atoms with E-state index in [9.17, 15) is 18.0 Å². The molecule has 11 heteroatoms. The first-order valence-corrected chi connectivity index (χ1v) is 11.3. The van der Waals surface area contributed by atoms with Gasteiger partial charge in [0.15, 0.2) is 5.17 Å². The summed E-state index contributed by atoms with van der Waals surface area (Å²) in [6, 6.07) is 11.1. The van der Waals surface area contributed by atoms with Gasteiger partial charge >= 0.3 is 6.18 Å². The number of benzene rings is 2. The molecule has 1 aliphatic rings. The highest BCUT2D eigenvalue weighted by Gasteiger charge is 2.33. The smallest absolute Gasteiger partial charge is 0.353 e. The predicted molar refractivity (Wildman–Crippen MR) is 126 cm³/mol. The topological polar surface area (TPSA) is 74.3 Å². The van der Waals surface area contributed by atoms with E-state index in [1.807, 2.05) is 6.07 Å². The maximum atomic E-state index is 13.4. The maximum Gasteiger partial charge on any atom is 0.416 e. The molecule has 1 aliphatic heterocycles. The summed E-state index contributed by atoms with van der Waals surface area (Å²) in [4.78, 5) is 18.5. The maximum absolute atomic E-state index is 13.4. The van der Waals surface area contributed by atoms with Gasteiger partial charge in [-0.1, -0.05) is 23.7 Å². The van der Waals surface area contributed by atoms with E-state index in [1.54, 1.807) is 36.4 Å². The van der Waals surface area contributed by atoms with Crippen LogP contribution in [0.4, 0.5) is 13.2 Å². The van der Waals surface area contributed by atoms with Crippen LogP contribution in [-0.4, -0.2) is 39.3 Å². The zero-order valence-electron chi connectivity index (χ0n) is 17.8. The van der Waals surface area contributed by atoms with Crippen molar-refractivity contribution in [1.82, 2.24) is 14.7 Å². The van der Waals surface area contributed by atoms with Gasteiger partial charge in [0.2, 0.25) is 0 Å². The number of nitrogens with zero attached hydrogens (tertiary/aromatic N) is 5. The van der Waals surface area contributed by atoms with Gasteiger partial charge in [-0.05, 0) is 53.2 Å². The number of alkyl halides is 3. The SMILES string of the molecule is CN(CCC#N)C1=NC(=O)/C(=C/c2ccc3c(cnn3Cc3ccc(Cl)cc3C(F)(F)F)c2)S1. The number of nitriles is 1. The van der Waals surface area contributed by atoms with Gasteiger partial charge in [0.25, 0.3) is 5.91 Å². The zero-order chi connectivity index (χ0) is 24.5. The summed E-state index contributed by atoms with van der Waals surface area (Å²) in [5.41, 5.74) is 0.661. The average Bonchev–Trinajstić information content (AvgIpc) is 3.35. The third-order valence-corrected chi connectivity index (χ3v) is 6.49. The van der Waals surface area contributed by atoms with Gasteiger partial charge < -0.3 is 4.90 Å². The molecule has 1 amide bonds. The molecule has 0 bridgehead atoms. The molecule has 0 atom stereocenters. The van der Waals surface area contributed by atoms with Gasteiger partial charge in [-0.15, -0.1) is 0 Å². The molecule has 0 radical (unpaired) electrons. The average molecular weight is 504 g/mol. The van der Waals surface area contributed by atoms with Crippen molar-refractivity contribution in [3.8, 4) is 6.07 Å². The molecule has 34 heavy (non-hydrogen) atoms. The third kappa shape index (κ3) is 5.11. The van der Waals surface area contributed by atoms with E-state index in [0.29, 0.717) is 28.6 Å². The van der Waals surface area contributed by atoms with Gasteiger partial charge in [-0.3, -0.25) is 9.48 Å². The van der Waals surface area contributed by atoms with E-state index in [1.165, 1.54) is 28.6 Å². The number of thioether (sulfide) groups is 1. The van der Waals surface area contributed by atoms with Crippen LogP contribution in [0.3, 0.4) is 0 Å². The van der Waals surface area contributed by atoms with Crippen LogP contribution in [0.5, 0.6) is 0 Å². The summed E-state index contributed by atoms with van der Waals surface area (Å²) >= 11 is 7.00. The Balaban J connectivity index is 1.56. The third-order valence-electron chi connectivity index (χ3n) is 5.16. The molecule has 0 fully saturated rings. The first-order valence-electron chi connectivity index (χ1n) is 10.1. The van der Waals surface area contributed by atoms with Crippen LogP contribution in [0.2, 0.25) is 5.02 Å². The minimum Gasteiger partial charge on any atom is -0.353 e. The van der Waals surface area contributed by atoms with E-state index >= 15 is 0 Å². The molecule has 1 aromatic heterocycles. The second kappa shape index (κ2) is 9.52. The monoisotopic (exact) mass is 503 g/mol. The number of carbonyl (C=O) groups is 1. The largest absolute Gasteiger partial charge is 0.416 e. The molecule has 6 nitrogen and oxygen atoms in total. The lowest BCUT2D eigenvalue weighted by molar-refractivity contribution is -0.138. The Kier molecular flexibility index (Phi) is 6.68. The highest BCUT2D eigenvalue weighted by atomic mass is 35.5. The molecule has 0 saturated heterocycles. The number of amidine groups is 1. The second-order valence-electron chi connectivity index (χ2n) is 7.56. The van der Waals surface area contributed by atoms with Crippen LogP contribution in [0, 0.1) is 11.3 Å². The zero-order valence-corrected chi connectivity index (χ0v) is 19.4. The van der Waals surface area contributed by atoms with Crippen molar-refractivity contribution in [2.75, 3.05) is 13.6 Å². The minimum absolute atomic E-state index is 0.0156. The van der Waals surface area contributed by atoms with Crippen molar-refractivity contribution in [2.45, 2.75) is 19.1 Å². The lowest BCUT2D eigenvalue weighted by Crippen LogP contribution is -2.23. The first kappa shape index (κ1) is 23.9. The summed E-state index contributed by atoms with van der Waals surface area (Å²) < 4.78 is 41.8. The molecule has 0 unspecified atom stereocenters. The summed E-state index contributed by atoms with van der Waals surface area (Å²) in [6.45, 7) is 0.397. The fourth-order valence-corrected chi connectivity index (χ4v) is 4.53. The Hall–Kier alpha value is -3.29. The Bertz CT molecular complexity index is 1370. The quantitative estimate of drug-likeness (QED) is 0.425. The number of halogens is 4. The molecule has 0 N–H and O–H groups in total. The van der Waals surface area contributed by atoms with E-state index in [-0.39, 0.29) is 23.0 Å². The fourth-order valence-electron chi connectivity index (χ4n) is 3.46.